The zero-order valence-corrected chi connectivity index (χ0v) is 12.2. The number of carbonyl (C=O) groups is 1. The Hall–Kier alpha value is -2.11. The second-order valence-corrected chi connectivity index (χ2v) is 5.60. The Labute approximate surface area is 124 Å². The molecule has 1 amide bonds. The van der Waals surface area contributed by atoms with Crippen LogP contribution in [0.2, 0.25) is 0 Å². The van der Waals surface area contributed by atoms with Crippen LogP contribution in [-0.4, -0.2) is 23.4 Å². The number of carbonyl (C=O) groups excluding carboxylic acids is 1. The van der Waals surface area contributed by atoms with Crippen molar-refractivity contribution in [2.45, 2.75) is 38.6 Å². The standard InChI is InChI=1S/C15H21N3O3/c1-11-5-2-3-8-14(11)17-15(19)10-16-12-6-4-7-13(9-12)18(20)21/h4,6-7,9,11,14,16H,2-3,5,8,10H2,1H3,(H,17,19). The van der Waals surface area contributed by atoms with E-state index in [1.807, 2.05) is 0 Å². The van der Waals surface area contributed by atoms with Crippen LogP contribution in [0.25, 0.3) is 0 Å². The number of anilines is 1. The van der Waals surface area contributed by atoms with Crippen molar-refractivity contribution in [2.24, 2.45) is 5.92 Å². The molecular weight excluding hydrogens is 270 g/mol. The maximum absolute atomic E-state index is 11.9. The maximum Gasteiger partial charge on any atom is 0.271 e. The quantitative estimate of drug-likeness (QED) is 0.645. The number of benzene rings is 1. The molecule has 0 radical (unpaired) electrons. The summed E-state index contributed by atoms with van der Waals surface area (Å²) in [6.45, 7) is 2.29. The second kappa shape index (κ2) is 7.06. The van der Waals surface area contributed by atoms with Gasteiger partial charge in [0.2, 0.25) is 5.91 Å². The molecular formula is C15H21N3O3. The summed E-state index contributed by atoms with van der Waals surface area (Å²) in [4.78, 5) is 22.2. The summed E-state index contributed by atoms with van der Waals surface area (Å²) in [5.41, 5.74) is 0.595. The molecule has 114 valence electrons. The largest absolute Gasteiger partial charge is 0.376 e. The molecule has 0 bridgehead atoms. The van der Waals surface area contributed by atoms with Gasteiger partial charge in [0.1, 0.15) is 0 Å². The van der Waals surface area contributed by atoms with Gasteiger partial charge in [-0.2, -0.15) is 0 Å². The molecule has 1 fully saturated rings. The van der Waals surface area contributed by atoms with Crippen molar-refractivity contribution in [2.75, 3.05) is 11.9 Å². The van der Waals surface area contributed by atoms with Gasteiger partial charge in [-0.25, -0.2) is 0 Å². The molecule has 6 heteroatoms. The van der Waals surface area contributed by atoms with Gasteiger partial charge in [-0.3, -0.25) is 14.9 Å². The number of hydrogen-bond donors (Lipinski definition) is 2. The van der Waals surface area contributed by atoms with E-state index < -0.39 is 4.92 Å². The van der Waals surface area contributed by atoms with Crippen LogP contribution in [0.4, 0.5) is 11.4 Å². The fourth-order valence-corrected chi connectivity index (χ4v) is 2.70. The highest BCUT2D eigenvalue weighted by molar-refractivity contribution is 5.81. The fourth-order valence-electron chi connectivity index (χ4n) is 2.70. The number of nitrogens with one attached hydrogen (secondary N) is 2. The molecule has 1 aliphatic rings. The van der Waals surface area contributed by atoms with Crippen molar-refractivity contribution in [1.29, 1.82) is 0 Å². The van der Waals surface area contributed by atoms with E-state index in [9.17, 15) is 14.9 Å². The zero-order chi connectivity index (χ0) is 15.2. The lowest BCUT2D eigenvalue weighted by Crippen LogP contribution is -2.43. The van der Waals surface area contributed by atoms with Crippen LogP contribution in [0.1, 0.15) is 32.6 Å². The lowest BCUT2D eigenvalue weighted by Gasteiger charge is -2.29. The van der Waals surface area contributed by atoms with Gasteiger partial charge in [0, 0.05) is 23.9 Å². The highest BCUT2D eigenvalue weighted by atomic mass is 16.6. The molecule has 2 rings (SSSR count). The van der Waals surface area contributed by atoms with Gasteiger partial charge in [-0.15, -0.1) is 0 Å². The molecule has 1 aliphatic carbocycles. The third-order valence-corrected chi connectivity index (χ3v) is 3.97. The Kier molecular flexibility index (Phi) is 5.14. The Morgan fingerprint density at radius 2 is 2.14 bits per heavy atom. The Morgan fingerprint density at radius 3 is 2.86 bits per heavy atom. The number of non-ortho nitro benzene ring substituents is 1. The van der Waals surface area contributed by atoms with Crippen LogP contribution < -0.4 is 10.6 Å². The van der Waals surface area contributed by atoms with E-state index in [2.05, 4.69) is 17.6 Å². The highest BCUT2D eigenvalue weighted by Crippen LogP contribution is 2.23. The van der Waals surface area contributed by atoms with Crippen molar-refractivity contribution < 1.29 is 9.72 Å². The molecule has 2 atom stereocenters. The van der Waals surface area contributed by atoms with E-state index in [-0.39, 0.29) is 24.2 Å². The Bertz CT molecular complexity index is 519. The third kappa shape index (κ3) is 4.44. The molecule has 0 aromatic heterocycles. The monoisotopic (exact) mass is 291 g/mol. The summed E-state index contributed by atoms with van der Waals surface area (Å²) in [6.07, 6.45) is 4.58. The molecule has 0 aliphatic heterocycles. The van der Waals surface area contributed by atoms with Crippen LogP contribution in [0.3, 0.4) is 0 Å². The predicted octanol–water partition coefficient (Wildman–Crippen LogP) is 2.70. The van der Waals surface area contributed by atoms with Gasteiger partial charge in [-0.05, 0) is 24.8 Å². The number of nitrogens with zero attached hydrogens (tertiary/aromatic N) is 1. The van der Waals surface area contributed by atoms with E-state index >= 15 is 0 Å². The first-order valence-corrected chi connectivity index (χ1v) is 7.34. The minimum absolute atomic E-state index is 0.0151. The molecule has 1 saturated carbocycles. The van der Waals surface area contributed by atoms with Crippen molar-refractivity contribution in [3.05, 3.63) is 34.4 Å². The van der Waals surface area contributed by atoms with E-state index in [0.717, 1.165) is 19.3 Å². The lowest BCUT2D eigenvalue weighted by atomic mass is 9.86. The average molecular weight is 291 g/mol. The SMILES string of the molecule is CC1CCCCC1NC(=O)CNc1cccc([N+](=O)[O-])c1. The molecule has 6 nitrogen and oxygen atoms in total. The summed E-state index contributed by atoms with van der Waals surface area (Å²) in [5, 5.41) is 16.7. The first kappa shape index (κ1) is 15.3. The molecule has 0 saturated heterocycles. The van der Waals surface area contributed by atoms with E-state index in [0.29, 0.717) is 11.6 Å². The van der Waals surface area contributed by atoms with Crippen molar-refractivity contribution in [3.63, 3.8) is 0 Å². The number of amides is 1. The minimum Gasteiger partial charge on any atom is -0.376 e. The predicted molar refractivity (Wildman–Crippen MR) is 81.1 cm³/mol. The van der Waals surface area contributed by atoms with Crippen molar-refractivity contribution in [3.8, 4) is 0 Å². The maximum atomic E-state index is 11.9. The summed E-state index contributed by atoms with van der Waals surface area (Å²) in [7, 11) is 0. The van der Waals surface area contributed by atoms with Gasteiger partial charge in [0.25, 0.3) is 5.69 Å². The minimum atomic E-state index is -0.449. The van der Waals surface area contributed by atoms with E-state index in [1.54, 1.807) is 12.1 Å². The average Bonchev–Trinajstić information content (AvgIpc) is 2.48. The summed E-state index contributed by atoms with van der Waals surface area (Å²) < 4.78 is 0. The van der Waals surface area contributed by atoms with Crippen LogP contribution in [0.15, 0.2) is 24.3 Å². The van der Waals surface area contributed by atoms with Gasteiger partial charge in [0.05, 0.1) is 11.5 Å². The van der Waals surface area contributed by atoms with Gasteiger partial charge in [-0.1, -0.05) is 25.8 Å². The molecule has 1 aromatic carbocycles. The van der Waals surface area contributed by atoms with Crippen molar-refractivity contribution >= 4 is 17.3 Å². The normalized spacial score (nSPS) is 21.6. The van der Waals surface area contributed by atoms with Gasteiger partial charge in [0.15, 0.2) is 0 Å². The summed E-state index contributed by atoms with van der Waals surface area (Å²) in [5.74, 6) is 0.445. The molecule has 0 spiro atoms. The molecule has 1 aromatic rings. The first-order valence-electron chi connectivity index (χ1n) is 7.34. The Morgan fingerprint density at radius 1 is 1.38 bits per heavy atom. The van der Waals surface area contributed by atoms with Crippen LogP contribution in [0, 0.1) is 16.0 Å². The molecule has 2 N–H and O–H groups in total. The first-order chi connectivity index (χ1) is 10.1. The van der Waals surface area contributed by atoms with Crippen molar-refractivity contribution in [1.82, 2.24) is 5.32 Å². The third-order valence-electron chi connectivity index (χ3n) is 3.97. The second-order valence-electron chi connectivity index (χ2n) is 5.60. The van der Waals surface area contributed by atoms with Crippen LogP contribution in [0.5, 0.6) is 0 Å². The van der Waals surface area contributed by atoms with Gasteiger partial charge < -0.3 is 10.6 Å². The zero-order valence-electron chi connectivity index (χ0n) is 12.2. The topological polar surface area (TPSA) is 84.3 Å². The number of hydrogen-bond acceptors (Lipinski definition) is 4. The van der Waals surface area contributed by atoms with Crippen LogP contribution >= 0.6 is 0 Å². The summed E-state index contributed by atoms with van der Waals surface area (Å²) in [6, 6.07) is 6.41. The summed E-state index contributed by atoms with van der Waals surface area (Å²) >= 11 is 0. The fraction of sp³-hybridized carbons (Fsp3) is 0.533. The smallest absolute Gasteiger partial charge is 0.271 e. The van der Waals surface area contributed by atoms with Crippen LogP contribution in [-0.2, 0) is 4.79 Å². The van der Waals surface area contributed by atoms with E-state index in [4.69, 9.17) is 0 Å². The number of nitro benzene ring substituents is 1. The molecule has 21 heavy (non-hydrogen) atoms. The molecule has 0 heterocycles. The lowest BCUT2D eigenvalue weighted by molar-refractivity contribution is -0.384. The number of rotatable bonds is 5. The number of nitro groups is 1. The highest BCUT2D eigenvalue weighted by Gasteiger charge is 2.22. The Balaban J connectivity index is 1.83. The molecule has 2 unspecified atom stereocenters. The van der Waals surface area contributed by atoms with Gasteiger partial charge >= 0.3 is 0 Å². The van der Waals surface area contributed by atoms with E-state index in [1.165, 1.54) is 18.6 Å².